The van der Waals surface area contributed by atoms with Crippen LogP contribution in [0, 0.1) is 0 Å². The SMILES string of the molecule is CCOc1ccc(NC(=O)[C@@H](C)[NH+]2CCCCC2)cc1. The van der Waals surface area contributed by atoms with Gasteiger partial charge < -0.3 is 15.0 Å². The zero-order valence-electron chi connectivity index (χ0n) is 12.4. The Kier molecular flexibility index (Phi) is 5.41. The minimum Gasteiger partial charge on any atom is -0.494 e. The second kappa shape index (κ2) is 7.29. The number of carbonyl (C=O) groups is 1. The lowest BCUT2D eigenvalue weighted by Gasteiger charge is -2.28. The van der Waals surface area contributed by atoms with Crippen LogP contribution in [-0.4, -0.2) is 31.6 Å². The van der Waals surface area contributed by atoms with E-state index in [-0.39, 0.29) is 11.9 Å². The van der Waals surface area contributed by atoms with Crippen LogP contribution in [0.1, 0.15) is 33.1 Å². The van der Waals surface area contributed by atoms with Crippen LogP contribution in [0.4, 0.5) is 5.69 Å². The van der Waals surface area contributed by atoms with Crippen LogP contribution in [0.25, 0.3) is 0 Å². The van der Waals surface area contributed by atoms with E-state index in [4.69, 9.17) is 4.74 Å². The van der Waals surface area contributed by atoms with E-state index >= 15 is 0 Å². The van der Waals surface area contributed by atoms with Crippen LogP contribution in [0.2, 0.25) is 0 Å². The predicted molar refractivity (Wildman–Crippen MR) is 80.3 cm³/mol. The van der Waals surface area contributed by atoms with Crippen molar-refractivity contribution >= 4 is 11.6 Å². The molecule has 4 nitrogen and oxygen atoms in total. The minimum atomic E-state index is 0.0156. The fourth-order valence-corrected chi connectivity index (χ4v) is 2.68. The molecule has 1 saturated heterocycles. The molecule has 0 aliphatic carbocycles. The van der Waals surface area contributed by atoms with Gasteiger partial charge in [-0.2, -0.15) is 0 Å². The number of likely N-dealkylation sites (tertiary alicyclic amines) is 1. The van der Waals surface area contributed by atoms with E-state index in [2.05, 4.69) is 5.32 Å². The molecule has 1 heterocycles. The van der Waals surface area contributed by atoms with E-state index in [1.54, 1.807) is 0 Å². The molecular formula is C16H25N2O2+. The highest BCUT2D eigenvalue weighted by Crippen LogP contribution is 2.15. The number of quaternary nitrogens is 1. The summed E-state index contributed by atoms with van der Waals surface area (Å²) in [7, 11) is 0. The molecule has 0 saturated carbocycles. The molecule has 0 unspecified atom stereocenters. The second-order valence-electron chi connectivity index (χ2n) is 5.39. The van der Waals surface area contributed by atoms with Crippen molar-refractivity contribution in [3.63, 3.8) is 0 Å². The highest BCUT2D eigenvalue weighted by atomic mass is 16.5. The normalized spacial score (nSPS) is 17.5. The standard InChI is InChI=1S/C16H24N2O2/c1-3-20-15-9-7-14(8-10-15)17-16(19)13(2)18-11-5-4-6-12-18/h7-10,13H,3-6,11-12H2,1-2H3,(H,17,19)/p+1/t13-/m1/s1. The molecule has 0 radical (unpaired) electrons. The zero-order chi connectivity index (χ0) is 14.4. The van der Waals surface area contributed by atoms with Gasteiger partial charge in [-0.15, -0.1) is 0 Å². The minimum absolute atomic E-state index is 0.0156. The number of ether oxygens (including phenoxy) is 1. The van der Waals surface area contributed by atoms with Crippen LogP contribution in [0.5, 0.6) is 5.75 Å². The number of rotatable bonds is 5. The molecular weight excluding hydrogens is 252 g/mol. The number of benzene rings is 1. The zero-order valence-corrected chi connectivity index (χ0v) is 12.4. The van der Waals surface area contributed by atoms with Crippen molar-refractivity contribution in [3.05, 3.63) is 24.3 Å². The Labute approximate surface area is 121 Å². The molecule has 2 N–H and O–H groups in total. The summed E-state index contributed by atoms with van der Waals surface area (Å²) in [6.45, 7) is 6.85. The third-order valence-corrected chi connectivity index (χ3v) is 3.93. The van der Waals surface area contributed by atoms with Gasteiger partial charge in [0.2, 0.25) is 0 Å². The Bertz CT molecular complexity index is 425. The van der Waals surface area contributed by atoms with Crippen molar-refractivity contribution < 1.29 is 14.4 Å². The van der Waals surface area contributed by atoms with Gasteiger partial charge in [-0.05, 0) is 57.4 Å². The van der Waals surface area contributed by atoms with E-state index < -0.39 is 0 Å². The fourth-order valence-electron chi connectivity index (χ4n) is 2.68. The summed E-state index contributed by atoms with van der Waals surface area (Å²) < 4.78 is 5.39. The molecule has 0 bridgehead atoms. The van der Waals surface area contributed by atoms with E-state index in [0.29, 0.717) is 6.61 Å². The van der Waals surface area contributed by atoms with E-state index in [1.165, 1.54) is 24.2 Å². The maximum absolute atomic E-state index is 12.3. The summed E-state index contributed by atoms with van der Waals surface area (Å²) in [6.07, 6.45) is 3.77. The first-order valence-electron chi connectivity index (χ1n) is 7.59. The first kappa shape index (κ1) is 14.9. The average Bonchev–Trinajstić information content (AvgIpc) is 2.49. The van der Waals surface area contributed by atoms with Crippen LogP contribution in [-0.2, 0) is 4.79 Å². The Hall–Kier alpha value is -1.55. The largest absolute Gasteiger partial charge is 0.494 e. The molecule has 1 aliphatic rings. The summed E-state index contributed by atoms with van der Waals surface area (Å²) in [5, 5.41) is 2.99. The van der Waals surface area contributed by atoms with E-state index in [0.717, 1.165) is 24.5 Å². The Morgan fingerprint density at radius 1 is 1.25 bits per heavy atom. The maximum Gasteiger partial charge on any atom is 0.282 e. The molecule has 1 aromatic rings. The molecule has 2 rings (SSSR count). The number of hydrogen-bond donors (Lipinski definition) is 2. The van der Waals surface area contributed by atoms with Crippen molar-refractivity contribution in [3.8, 4) is 5.75 Å². The molecule has 20 heavy (non-hydrogen) atoms. The van der Waals surface area contributed by atoms with Gasteiger partial charge in [-0.1, -0.05) is 0 Å². The molecule has 4 heteroatoms. The van der Waals surface area contributed by atoms with Crippen LogP contribution in [0.3, 0.4) is 0 Å². The van der Waals surface area contributed by atoms with Crippen molar-refractivity contribution in [2.75, 3.05) is 25.0 Å². The van der Waals surface area contributed by atoms with Gasteiger partial charge in [0.15, 0.2) is 6.04 Å². The van der Waals surface area contributed by atoms with E-state index in [1.807, 2.05) is 38.1 Å². The first-order valence-corrected chi connectivity index (χ1v) is 7.59. The van der Waals surface area contributed by atoms with Crippen molar-refractivity contribution in [1.29, 1.82) is 0 Å². The molecule has 1 atom stereocenters. The van der Waals surface area contributed by atoms with Gasteiger partial charge in [0, 0.05) is 5.69 Å². The molecule has 1 aromatic carbocycles. The number of carbonyl (C=O) groups excluding carboxylic acids is 1. The fraction of sp³-hybridized carbons (Fsp3) is 0.562. The molecule has 1 amide bonds. The number of nitrogens with one attached hydrogen (secondary N) is 2. The summed E-state index contributed by atoms with van der Waals surface area (Å²) >= 11 is 0. The third-order valence-electron chi connectivity index (χ3n) is 3.93. The van der Waals surface area contributed by atoms with Crippen molar-refractivity contribution in [2.45, 2.75) is 39.2 Å². The number of anilines is 1. The lowest BCUT2D eigenvalue weighted by Crippen LogP contribution is -3.17. The van der Waals surface area contributed by atoms with Gasteiger partial charge in [0.05, 0.1) is 19.7 Å². The number of amides is 1. The maximum atomic E-state index is 12.3. The summed E-state index contributed by atoms with van der Waals surface area (Å²) in [6, 6.07) is 7.57. The smallest absolute Gasteiger partial charge is 0.282 e. The highest BCUT2D eigenvalue weighted by molar-refractivity contribution is 5.93. The van der Waals surface area contributed by atoms with Gasteiger partial charge in [-0.25, -0.2) is 0 Å². The topological polar surface area (TPSA) is 42.8 Å². The van der Waals surface area contributed by atoms with Crippen molar-refractivity contribution in [2.24, 2.45) is 0 Å². The average molecular weight is 277 g/mol. The number of piperidine rings is 1. The highest BCUT2D eigenvalue weighted by Gasteiger charge is 2.26. The lowest BCUT2D eigenvalue weighted by atomic mass is 10.1. The Balaban J connectivity index is 1.89. The summed E-state index contributed by atoms with van der Waals surface area (Å²) in [4.78, 5) is 13.7. The lowest BCUT2D eigenvalue weighted by molar-refractivity contribution is -0.918. The van der Waals surface area contributed by atoms with Crippen LogP contribution >= 0.6 is 0 Å². The van der Waals surface area contributed by atoms with Gasteiger partial charge in [0.1, 0.15) is 5.75 Å². The molecule has 0 spiro atoms. The second-order valence-corrected chi connectivity index (χ2v) is 5.39. The summed E-state index contributed by atoms with van der Waals surface area (Å²) in [5.74, 6) is 0.936. The Morgan fingerprint density at radius 2 is 1.90 bits per heavy atom. The van der Waals surface area contributed by atoms with E-state index in [9.17, 15) is 4.79 Å². The Morgan fingerprint density at radius 3 is 2.50 bits per heavy atom. The van der Waals surface area contributed by atoms with Gasteiger partial charge in [0.25, 0.3) is 5.91 Å². The number of hydrogen-bond acceptors (Lipinski definition) is 2. The monoisotopic (exact) mass is 277 g/mol. The molecule has 0 aromatic heterocycles. The van der Waals surface area contributed by atoms with Crippen LogP contribution < -0.4 is 15.0 Å². The molecule has 1 aliphatic heterocycles. The van der Waals surface area contributed by atoms with Gasteiger partial charge in [-0.3, -0.25) is 4.79 Å². The van der Waals surface area contributed by atoms with Crippen molar-refractivity contribution in [1.82, 2.24) is 0 Å². The quantitative estimate of drug-likeness (QED) is 0.856. The van der Waals surface area contributed by atoms with Crippen LogP contribution in [0.15, 0.2) is 24.3 Å². The van der Waals surface area contributed by atoms with Gasteiger partial charge >= 0.3 is 0 Å². The molecule has 1 fully saturated rings. The third kappa shape index (κ3) is 3.97. The predicted octanol–water partition coefficient (Wildman–Crippen LogP) is 1.48. The molecule has 110 valence electrons. The summed E-state index contributed by atoms with van der Waals surface area (Å²) in [5.41, 5.74) is 0.835. The first-order chi connectivity index (χ1) is 9.70.